The van der Waals surface area contributed by atoms with Crippen LogP contribution in [0.1, 0.15) is 25.0 Å². The number of nitrogens with one attached hydrogen (secondary N) is 1. The molecule has 9 nitrogen and oxygen atoms in total. The van der Waals surface area contributed by atoms with Crippen molar-refractivity contribution in [3.63, 3.8) is 0 Å². The van der Waals surface area contributed by atoms with Crippen LogP contribution in [0.5, 0.6) is 11.5 Å². The number of likely N-dealkylation sites (N-methyl/N-ethyl adjacent to an activating group) is 1. The van der Waals surface area contributed by atoms with Gasteiger partial charge >= 0.3 is 6.03 Å². The van der Waals surface area contributed by atoms with Crippen LogP contribution >= 0.6 is 0 Å². The summed E-state index contributed by atoms with van der Waals surface area (Å²) in [7, 11) is -0.787. The minimum Gasteiger partial charge on any atom is -0.497 e. The molecule has 0 saturated carbocycles. The van der Waals surface area contributed by atoms with Gasteiger partial charge in [-0.25, -0.2) is 13.2 Å². The molecule has 0 aliphatic carbocycles. The van der Waals surface area contributed by atoms with Gasteiger partial charge in [-0.3, -0.25) is 0 Å². The highest BCUT2D eigenvalue weighted by Crippen LogP contribution is 2.34. The van der Waals surface area contributed by atoms with Crippen molar-refractivity contribution < 1.29 is 27.8 Å². The molecule has 1 aliphatic rings. The Bertz CT molecular complexity index is 1530. The molecular weight excluding hydrogens is 542 g/mol. The van der Waals surface area contributed by atoms with Crippen molar-refractivity contribution in [1.82, 2.24) is 9.21 Å². The summed E-state index contributed by atoms with van der Waals surface area (Å²) < 4.78 is 40.3. The molecule has 3 aromatic carbocycles. The van der Waals surface area contributed by atoms with E-state index < -0.39 is 22.2 Å². The number of carbonyl (C=O) groups is 1. The van der Waals surface area contributed by atoms with Crippen molar-refractivity contribution in [3.05, 3.63) is 83.9 Å². The number of fused-ring (bicyclic) bond motifs is 1. The van der Waals surface area contributed by atoms with Gasteiger partial charge in [0.25, 0.3) is 0 Å². The summed E-state index contributed by atoms with van der Waals surface area (Å²) in [5.41, 5.74) is 1.99. The zero-order valence-corrected chi connectivity index (χ0v) is 24.4. The van der Waals surface area contributed by atoms with E-state index in [2.05, 4.69) is 17.2 Å². The van der Waals surface area contributed by atoms with Crippen molar-refractivity contribution in [3.8, 4) is 23.3 Å². The third-order valence-electron chi connectivity index (χ3n) is 6.91. The molecule has 0 fully saturated rings. The Labute approximate surface area is 241 Å². The highest BCUT2D eigenvalue weighted by atomic mass is 32.2. The summed E-state index contributed by atoms with van der Waals surface area (Å²) in [4.78, 5) is 14.5. The molecule has 0 aromatic heterocycles. The van der Waals surface area contributed by atoms with Gasteiger partial charge < -0.3 is 24.8 Å². The summed E-state index contributed by atoms with van der Waals surface area (Å²) in [5.74, 6) is 6.61. The van der Waals surface area contributed by atoms with Gasteiger partial charge in [-0.1, -0.05) is 43.0 Å². The lowest BCUT2D eigenvalue weighted by atomic mass is 10.0. The molecule has 1 aliphatic heterocycles. The molecule has 3 atom stereocenters. The number of carbonyl (C=O) groups excluding carboxylic acids is 1. The first-order valence-corrected chi connectivity index (χ1v) is 14.7. The van der Waals surface area contributed by atoms with Gasteiger partial charge in [0.15, 0.2) is 0 Å². The number of nitrogens with zero attached hydrogens (tertiary/aromatic N) is 2. The van der Waals surface area contributed by atoms with Crippen LogP contribution in [0, 0.1) is 17.8 Å². The zero-order chi connectivity index (χ0) is 29.6. The van der Waals surface area contributed by atoms with Crippen molar-refractivity contribution in [1.29, 1.82) is 0 Å². The molecule has 0 bridgehead atoms. The summed E-state index contributed by atoms with van der Waals surface area (Å²) >= 11 is 0. The van der Waals surface area contributed by atoms with Crippen molar-refractivity contribution in [2.75, 3.05) is 39.2 Å². The topological polar surface area (TPSA) is 108 Å². The van der Waals surface area contributed by atoms with Crippen LogP contribution in [0.25, 0.3) is 0 Å². The number of hydrogen-bond donors (Lipinski definition) is 2. The van der Waals surface area contributed by atoms with Crippen LogP contribution < -0.4 is 14.8 Å². The van der Waals surface area contributed by atoms with E-state index in [1.165, 1.54) is 15.3 Å². The Morgan fingerprint density at radius 3 is 2.56 bits per heavy atom. The van der Waals surface area contributed by atoms with Crippen LogP contribution in [0.15, 0.2) is 77.7 Å². The van der Waals surface area contributed by atoms with Gasteiger partial charge in [-0.15, -0.1) is 0 Å². The molecular formula is C31H35N3O6S. The van der Waals surface area contributed by atoms with Crippen LogP contribution in [0.3, 0.4) is 0 Å². The Hall–Kier alpha value is -4.04. The molecule has 0 radical (unpaired) electrons. The fourth-order valence-electron chi connectivity index (χ4n) is 4.46. The number of anilines is 1. The fourth-order valence-corrected chi connectivity index (χ4v) is 6.29. The van der Waals surface area contributed by atoms with Gasteiger partial charge in [0, 0.05) is 48.4 Å². The smallest absolute Gasteiger partial charge is 0.321 e. The standard InChI is InChI=1S/C31H35N3O6S/c1-22-19-34(23(2)21-35)41(37,38)30-16-15-25(14-13-24-9-6-5-7-10-24)17-28(30)40-29(22)20-33(3)31(36)32-26-11-8-12-27(18-26)39-4/h5-12,15-18,22-23,29,35H,19-21H2,1-4H3,(H,32,36)/t22-,23-,29-/m0/s1. The molecule has 10 heteroatoms. The van der Waals surface area contributed by atoms with Crippen LogP contribution in [-0.4, -0.2) is 74.8 Å². The minimum atomic E-state index is -3.99. The highest BCUT2D eigenvalue weighted by molar-refractivity contribution is 7.89. The lowest BCUT2D eigenvalue weighted by molar-refractivity contribution is 0.0830. The summed E-state index contributed by atoms with van der Waals surface area (Å²) in [6.07, 6.45) is -0.559. The van der Waals surface area contributed by atoms with E-state index in [1.54, 1.807) is 57.5 Å². The Morgan fingerprint density at radius 2 is 1.85 bits per heavy atom. The quantitative estimate of drug-likeness (QED) is 0.429. The number of methoxy groups -OCH3 is 1. The van der Waals surface area contributed by atoms with E-state index in [4.69, 9.17) is 9.47 Å². The minimum absolute atomic E-state index is 0.0107. The first-order chi connectivity index (χ1) is 19.6. The number of rotatable bonds is 6. The average Bonchev–Trinajstić information content (AvgIpc) is 2.97. The average molecular weight is 578 g/mol. The number of ether oxygens (including phenoxy) is 2. The van der Waals surface area contributed by atoms with Gasteiger partial charge in [-0.2, -0.15) is 4.31 Å². The summed E-state index contributed by atoms with van der Waals surface area (Å²) in [6, 6.07) is 20.3. The Kier molecular flexibility index (Phi) is 9.55. The maximum absolute atomic E-state index is 13.7. The van der Waals surface area contributed by atoms with Crippen molar-refractivity contribution in [2.24, 2.45) is 5.92 Å². The number of aliphatic hydroxyl groups is 1. The molecule has 0 unspecified atom stereocenters. The van der Waals surface area contributed by atoms with Gasteiger partial charge in [-0.05, 0) is 49.4 Å². The van der Waals surface area contributed by atoms with Crippen molar-refractivity contribution in [2.45, 2.75) is 30.9 Å². The van der Waals surface area contributed by atoms with Crippen LogP contribution in [0.4, 0.5) is 10.5 Å². The van der Waals surface area contributed by atoms with Crippen LogP contribution in [0.2, 0.25) is 0 Å². The number of urea groups is 1. The third kappa shape index (κ3) is 7.19. The molecule has 3 aromatic rings. The van der Waals surface area contributed by atoms with E-state index in [0.717, 1.165) is 5.56 Å². The molecule has 4 rings (SSSR count). The van der Waals surface area contributed by atoms with Crippen molar-refractivity contribution >= 4 is 21.7 Å². The first kappa shape index (κ1) is 29.9. The molecule has 0 spiro atoms. The zero-order valence-electron chi connectivity index (χ0n) is 23.6. The second-order valence-corrected chi connectivity index (χ2v) is 11.9. The molecule has 2 N–H and O–H groups in total. The Morgan fingerprint density at radius 1 is 1.12 bits per heavy atom. The second kappa shape index (κ2) is 13.1. The van der Waals surface area contributed by atoms with Gasteiger partial charge in [0.2, 0.25) is 10.0 Å². The predicted molar refractivity (Wildman–Crippen MR) is 158 cm³/mol. The summed E-state index contributed by atoms with van der Waals surface area (Å²) in [6.45, 7) is 3.48. The third-order valence-corrected chi connectivity index (χ3v) is 8.93. The van der Waals surface area contributed by atoms with E-state index in [0.29, 0.717) is 17.0 Å². The maximum Gasteiger partial charge on any atom is 0.321 e. The normalized spacial score (nSPS) is 18.8. The lowest BCUT2D eigenvalue weighted by Gasteiger charge is -2.37. The SMILES string of the molecule is COc1cccc(NC(=O)N(C)C[C@@H]2Oc3cc(C#Cc4ccccc4)ccc3S(=O)(=O)N([C@@H](C)CO)C[C@@H]2C)c1. The molecule has 1 heterocycles. The largest absolute Gasteiger partial charge is 0.497 e. The van der Waals surface area contributed by atoms with E-state index in [9.17, 15) is 18.3 Å². The first-order valence-electron chi connectivity index (χ1n) is 13.3. The van der Waals surface area contributed by atoms with Gasteiger partial charge in [0.1, 0.15) is 22.5 Å². The van der Waals surface area contributed by atoms with Gasteiger partial charge in [0.05, 0.1) is 20.3 Å². The monoisotopic (exact) mass is 577 g/mol. The number of aliphatic hydroxyl groups excluding tert-OH is 1. The fraction of sp³-hybridized carbons (Fsp3) is 0.323. The second-order valence-electron chi connectivity index (χ2n) is 10.1. The maximum atomic E-state index is 13.7. The lowest BCUT2D eigenvalue weighted by Crippen LogP contribution is -2.50. The number of benzene rings is 3. The Balaban J connectivity index is 1.65. The predicted octanol–water partition coefficient (Wildman–Crippen LogP) is 4.03. The molecule has 216 valence electrons. The van der Waals surface area contributed by atoms with E-state index in [1.807, 2.05) is 37.3 Å². The molecule has 41 heavy (non-hydrogen) atoms. The molecule has 0 saturated heterocycles. The highest BCUT2D eigenvalue weighted by Gasteiger charge is 2.38. The number of amides is 2. The number of sulfonamides is 1. The van der Waals surface area contributed by atoms with E-state index >= 15 is 0 Å². The van der Waals surface area contributed by atoms with Crippen LogP contribution in [-0.2, 0) is 10.0 Å². The summed E-state index contributed by atoms with van der Waals surface area (Å²) in [5, 5.41) is 12.7. The van der Waals surface area contributed by atoms with E-state index in [-0.39, 0.29) is 42.3 Å². The molecule has 2 amide bonds. The number of hydrogen-bond acceptors (Lipinski definition) is 6.